The van der Waals surface area contributed by atoms with Gasteiger partial charge >= 0.3 is 0 Å². The van der Waals surface area contributed by atoms with Crippen molar-refractivity contribution in [1.29, 1.82) is 0 Å². The molecule has 2 rings (SSSR count). The van der Waals surface area contributed by atoms with Gasteiger partial charge in [0.15, 0.2) is 0 Å². The third kappa shape index (κ3) is 5.47. The molecule has 0 heterocycles. The van der Waals surface area contributed by atoms with Gasteiger partial charge in [0.1, 0.15) is 0 Å². The first kappa shape index (κ1) is 19.3. The second-order valence-electron chi connectivity index (χ2n) is 5.66. The van der Waals surface area contributed by atoms with E-state index >= 15 is 0 Å². The van der Waals surface area contributed by atoms with Gasteiger partial charge in [-0.15, -0.1) is 11.8 Å². The van der Waals surface area contributed by atoms with Gasteiger partial charge in [-0.3, -0.25) is 14.9 Å². The molecule has 7 heteroatoms. The predicted octanol–water partition coefficient (Wildman–Crippen LogP) is 4.70. The number of benzene rings is 2. The average molecular weight is 379 g/mol. The van der Waals surface area contributed by atoms with Gasteiger partial charge in [0.05, 0.1) is 16.7 Å². The second kappa shape index (κ2) is 8.87. The number of carbonyl (C=O) groups is 1. The predicted molar refractivity (Wildman–Crippen MR) is 102 cm³/mol. The topological polar surface area (TPSA) is 63.5 Å². The van der Waals surface area contributed by atoms with Crippen molar-refractivity contribution in [3.05, 3.63) is 74.8 Å². The summed E-state index contributed by atoms with van der Waals surface area (Å²) in [6.45, 7) is 1.86. The van der Waals surface area contributed by atoms with E-state index in [1.165, 1.54) is 23.9 Å². The van der Waals surface area contributed by atoms with Crippen LogP contribution >= 0.6 is 23.4 Å². The summed E-state index contributed by atoms with van der Waals surface area (Å²) in [7, 11) is 1.71. The molecule has 0 aliphatic heterocycles. The molecule has 0 aliphatic carbocycles. The molecule has 0 saturated heterocycles. The number of non-ortho nitro benzene ring substituents is 1. The zero-order valence-corrected chi connectivity index (χ0v) is 15.6. The van der Waals surface area contributed by atoms with Crippen molar-refractivity contribution in [1.82, 2.24) is 4.90 Å². The fraction of sp³-hybridized carbons (Fsp3) is 0.278. The molecule has 25 heavy (non-hydrogen) atoms. The largest absolute Gasteiger partial charge is 0.338 e. The summed E-state index contributed by atoms with van der Waals surface area (Å²) in [6.07, 6.45) is 0. The maximum Gasteiger partial charge on any atom is 0.269 e. The fourth-order valence-electron chi connectivity index (χ4n) is 2.32. The third-order valence-corrected chi connectivity index (χ3v) is 5.14. The Labute approximate surface area is 156 Å². The molecule has 0 bridgehead atoms. The number of amides is 1. The first-order valence-corrected chi connectivity index (χ1v) is 9.24. The molecular weight excluding hydrogens is 360 g/mol. The number of nitro benzene ring substituents is 1. The van der Waals surface area contributed by atoms with Crippen molar-refractivity contribution in [3.63, 3.8) is 0 Å². The zero-order chi connectivity index (χ0) is 18.4. The molecule has 0 aromatic heterocycles. The van der Waals surface area contributed by atoms with Gasteiger partial charge in [-0.05, 0) is 30.2 Å². The Kier molecular flexibility index (Phi) is 6.84. The van der Waals surface area contributed by atoms with Crippen molar-refractivity contribution in [2.45, 2.75) is 18.7 Å². The highest BCUT2D eigenvalue weighted by Crippen LogP contribution is 2.24. The molecule has 0 unspecified atom stereocenters. The van der Waals surface area contributed by atoms with Crippen LogP contribution in [0.1, 0.15) is 24.1 Å². The molecule has 0 spiro atoms. The number of hydrogen-bond donors (Lipinski definition) is 0. The van der Waals surface area contributed by atoms with Gasteiger partial charge in [-0.1, -0.05) is 35.9 Å². The Hall–Kier alpha value is -2.05. The number of thioether (sulfide) groups is 1. The lowest BCUT2D eigenvalue weighted by atomic mass is 10.1. The van der Waals surface area contributed by atoms with Crippen LogP contribution in [-0.2, 0) is 10.5 Å². The van der Waals surface area contributed by atoms with Crippen molar-refractivity contribution >= 4 is 35.0 Å². The lowest BCUT2D eigenvalue weighted by Crippen LogP contribution is -2.31. The van der Waals surface area contributed by atoms with Gasteiger partial charge in [-0.25, -0.2) is 0 Å². The molecule has 132 valence electrons. The normalized spacial score (nSPS) is 11.8. The van der Waals surface area contributed by atoms with Crippen LogP contribution in [0.25, 0.3) is 0 Å². The van der Waals surface area contributed by atoms with Crippen LogP contribution in [0.4, 0.5) is 5.69 Å². The summed E-state index contributed by atoms with van der Waals surface area (Å²) in [5.74, 6) is 1.01. The van der Waals surface area contributed by atoms with E-state index in [1.54, 1.807) is 24.1 Å². The number of carbonyl (C=O) groups excluding carboxylic acids is 1. The summed E-state index contributed by atoms with van der Waals surface area (Å²) >= 11 is 7.46. The summed E-state index contributed by atoms with van der Waals surface area (Å²) in [5.41, 5.74) is 1.84. The van der Waals surface area contributed by atoms with Crippen molar-refractivity contribution in [2.24, 2.45) is 0 Å². The van der Waals surface area contributed by atoms with Crippen LogP contribution in [0.3, 0.4) is 0 Å². The summed E-state index contributed by atoms with van der Waals surface area (Å²) < 4.78 is 0. The summed E-state index contributed by atoms with van der Waals surface area (Å²) in [5, 5.41) is 11.6. The number of nitrogens with zero attached hydrogens (tertiary/aromatic N) is 2. The fourth-order valence-corrected chi connectivity index (χ4v) is 3.43. The van der Waals surface area contributed by atoms with E-state index < -0.39 is 4.92 Å². The van der Waals surface area contributed by atoms with Gasteiger partial charge < -0.3 is 4.90 Å². The SMILES string of the molecule is C[C@H](c1cccc([N+](=O)[O-])c1)N(C)C(=O)CSCc1cccc(Cl)c1. The van der Waals surface area contributed by atoms with Crippen molar-refractivity contribution < 1.29 is 9.72 Å². The van der Waals surface area contributed by atoms with Gasteiger partial charge in [-0.2, -0.15) is 0 Å². The number of halogens is 1. The molecule has 5 nitrogen and oxygen atoms in total. The van der Waals surface area contributed by atoms with E-state index in [9.17, 15) is 14.9 Å². The van der Waals surface area contributed by atoms with E-state index in [2.05, 4.69) is 0 Å². The molecule has 1 atom stereocenters. The van der Waals surface area contributed by atoms with Gasteiger partial charge in [0.25, 0.3) is 5.69 Å². The van der Waals surface area contributed by atoms with E-state index in [4.69, 9.17) is 11.6 Å². The Morgan fingerprint density at radius 3 is 2.68 bits per heavy atom. The monoisotopic (exact) mass is 378 g/mol. The molecule has 2 aromatic carbocycles. The molecule has 2 aromatic rings. The highest BCUT2D eigenvalue weighted by atomic mass is 35.5. The summed E-state index contributed by atoms with van der Waals surface area (Å²) in [6, 6.07) is 13.7. The number of hydrogen-bond acceptors (Lipinski definition) is 4. The van der Waals surface area contributed by atoms with Crippen LogP contribution in [0.15, 0.2) is 48.5 Å². The Balaban J connectivity index is 1.92. The molecule has 0 N–H and O–H groups in total. The molecule has 1 amide bonds. The number of rotatable bonds is 7. The average Bonchev–Trinajstić information content (AvgIpc) is 2.60. The minimum Gasteiger partial charge on any atom is -0.338 e. The van der Waals surface area contributed by atoms with E-state index in [0.717, 1.165) is 11.1 Å². The van der Waals surface area contributed by atoms with Crippen LogP contribution in [-0.4, -0.2) is 28.5 Å². The van der Waals surface area contributed by atoms with Crippen LogP contribution in [0.5, 0.6) is 0 Å². The highest BCUT2D eigenvalue weighted by Gasteiger charge is 2.19. The molecule has 0 saturated carbocycles. The van der Waals surface area contributed by atoms with Crippen molar-refractivity contribution in [2.75, 3.05) is 12.8 Å². The maximum absolute atomic E-state index is 12.4. The van der Waals surface area contributed by atoms with Crippen LogP contribution in [0.2, 0.25) is 5.02 Å². The first-order valence-electron chi connectivity index (χ1n) is 7.70. The maximum atomic E-state index is 12.4. The Morgan fingerprint density at radius 1 is 1.28 bits per heavy atom. The van der Waals surface area contributed by atoms with Crippen molar-refractivity contribution in [3.8, 4) is 0 Å². The van der Waals surface area contributed by atoms with E-state index in [-0.39, 0.29) is 17.6 Å². The molecular formula is C18H19ClN2O3S. The number of nitro groups is 1. The van der Waals surface area contributed by atoms with Gasteiger partial charge in [0, 0.05) is 30.0 Å². The minimum atomic E-state index is -0.432. The second-order valence-corrected chi connectivity index (χ2v) is 7.08. The smallest absolute Gasteiger partial charge is 0.269 e. The third-order valence-electron chi connectivity index (χ3n) is 3.92. The molecule has 0 fully saturated rings. The standard InChI is InChI=1S/C18H19ClN2O3S/c1-13(15-6-4-8-17(10-15)21(23)24)20(2)18(22)12-25-11-14-5-3-7-16(19)9-14/h3-10,13H,11-12H2,1-2H3/t13-/m1/s1. The van der Waals surface area contributed by atoms with E-state index in [0.29, 0.717) is 16.5 Å². The molecule has 0 aliphatic rings. The quantitative estimate of drug-likeness (QED) is 0.517. The lowest BCUT2D eigenvalue weighted by molar-refractivity contribution is -0.384. The lowest BCUT2D eigenvalue weighted by Gasteiger charge is -2.25. The molecule has 0 radical (unpaired) electrons. The van der Waals surface area contributed by atoms with Gasteiger partial charge in [0.2, 0.25) is 5.91 Å². The minimum absolute atomic E-state index is 0.0222. The Morgan fingerprint density at radius 2 is 2.00 bits per heavy atom. The Bertz CT molecular complexity index is 769. The summed E-state index contributed by atoms with van der Waals surface area (Å²) in [4.78, 5) is 24.5. The highest BCUT2D eigenvalue weighted by molar-refractivity contribution is 7.99. The first-order chi connectivity index (χ1) is 11.9. The van der Waals surface area contributed by atoms with Crippen LogP contribution in [0, 0.1) is 10.1 Å². The van der Waals surface area contributed by atoms with Crippen LogP contribution < -0.4 is 0 Å². The zero-order valence-electron chi connectivity index (χ0n) is 14.0. The van der Waals surface area contributed by atoms with E-state index in [1.807, 2.05) is 31.2 Å².